The molecule has 0 aromatic heterocycles. The van der Waals surface area contributed by atoms with Crippen molar-refractivity contribution in [3.63, 3.8) is 0 Å². The zero-order valence-corrected chi connectivity index (χ0v) is 13.2. The minimum Gasteiger partial charge on any atom is -0.325 e. The summed E-state index contributed by atoms with van der Waals surface area (Å²) in [6.07, 6.45) is 7.81. The molecule has 0 radical (unpaired) electrons. The average molecular weight is 328 g/mol. The van der Waals surface area contributed by atoms with Crippen LogP contribution in [0, 0.1) is 11.7 Å². The van der Waals surface area contributed by atoms with Crippen LogP contribution in [-0.2, 0) is 6.42 Å². The molecular weight excluding hydrogens is 305 g/mol. The number of rotatable bonds is 3. The fourth-order valence-corrected chi connectivity index (χ4v) is 3.56. The maximum absolute atomic E-state index is 13.6. The van der Waals surface area contributed by atoms with Gasteiger partial charge in [0.2, 0.25) is 0 Å². The Morgan fingerprint density at radius 2 is 2.16 bits per heavy atom. The number of hydrogen-bond acceptors (Lipinski definition) is 1. The Morgan fingerprint density at radius 1 is 1.37 bits per heavy atom. The summed E-state index contributed by atoms with van der Waals surface area (Å²) >= 11 is 3.35. The lowest BCUT2D eigenvalue weighted by atomic mass is 9.84. The van der Waals surface area contributed by atoms with Crippen molar-refractivity contribution < 1.29 is 4.39 Å². The van der Waals surface area contributed by atoms with E-state index in [-0.39, 0.29) is 11.4 Å². The molecule has 2 rings (SSSR count). The molecule has 19 heavy (non-hydrogen) atoms. The summed E-state index contributed by atoms with van der Waals surface area (Å²) in [7, 11) is 0. The van der Waals surface area contributed by atoms with Crippen molar-refractivity contribution in [1.82, 2.24) is 0 Å². The van der Waals surface area contributed by atoms with Gasteiger partial charge in [0.05, 0.1) is 4.47 Å². The van der Waals surface area contributed by atoms with Crippen molar-refractivity contribution in [3.05, 3.63) is 34.1 Å². The molecule has 2 atom stereocenters. The second kappa shape index (κ2) is 6.36. The molecule has 3 heteroatoms. The Kier molecular flexibility index (Phi) is 5.02. The van der Waals surface area contributed by atoms with Crippen molar-refractivity contribution >= 4 is 15.9 Å². The molecule has 0 amide bonds. The molecular formula is C16H23BrFN. The molecule has 2 unspecified atom stereocenters. The quantitative estimate of drug-likeness (QED) is 0.791. The summed E-state index contributed by atoms with van der Waals surface area (Å²) < 4.78 is 14.1. The van der Waals surface area contributed by atoms with Gasteiger partial charge in [-0.15, -0.1) is 0 Å². The maximum Gasteiger partial charge on any atom is 0.137 e. The van der Waals surface area contributed by atoms with Crippen LogP contribution in [0.15, 0.2) is 22.7 Å². The fourth-order valence-electron chi connectivity index (χ4n) is 3.15. The summed E-state index contributed by atoms with van der Waals surface area (Å²) in [6.45, 7) is 2.26. The van der Waals surface area contributed by atoms with Gasteiger partial charge in [-0.1, -0.05) is 38.3 Å². The smallest absolute Gasteiger partial charge is 0.137 e. The molecule has 1 nitrogen and oxygen atoms in total. The van der Waals surface area contributed by atoms with Crippen LogP contribution < -0.4 is 5.73 Å². The van der Waals surface area contributed by atoms with E-state index in [0.717, 1.165) is 30.7 Å². The Labute approximate surface area is 123 Å². The van der Waals surface area contributed by atoms with Gasteiger partial charge in [-0.3, -0.25) is 0 Å². The first kappa shape index (κ1) is 15.0. The van der Waals surface area contributed by atoms with Crippen LogP contribution in [0.5, 0.6) is 0 Å². The SMILES string of the molecule is CCC1CCCC(N)(Cc2cccc(F)c2Br)CC1. The van der Waals surface area contributed by atoms with Gasteiger partial charge in [0.15, 0.2) is 0 Å². The lowest BCUT2D eigenvalue weighted by Gasteiger charge is -2.29. The standard InChI is InChI=1S/C16H23BrFN/c1-2-12-5-4-9-16(19,10-8-12)11-13-6-3-7-14(18)15(13)17/h3,6-7,12H,2,4-5,8-11,19H2,1H3. The molecule has 106 valence electrons. The van der Waals surface area contributed by atoms with Gasteiger partial charge in [-0.2, -0.15) is 0 Å². The van der Waals surface area contributed by atoms with E-state index in [1.54, 1.807) is 6.07 Å². The Hall–Kier alpha value is -0.410. The van der Waals surface area contributed by atoms with E-state index < -0.39 is 0 Å². The Balaban J connectivity index is 2.10. The molecule has 1 aliphatic carbocycles. The second-order valence-corrected chi connectivity index (χ2v) is 6.75. The molecule has 1 saturated carbocycles. The molecule has 0 spiro atoms. The summed E-state index contributed by atoms with van der Waals surface area (Å²) in [5.41, 5.74) is 7.41. The van der Waals surface area contributed by atoms with E-state index in [1.807, 2.05) is 6.07 Å². The lowest BCUT2D eigenvalue weighted by molar-refractivity contribution is 0.357. The van der Waals surface area contributed by atoms with Gasteiger partial charge in [0.25, 0.3) is 0 Å². The van der Waals surface area contributed by atoms with Gasteiger partial charge in [-0.05, 0) is 59.2 Å². The summed E-state index contributed by atoms with van der Waals surface area (Å²) in [6, 6.07) is 5.23. The number of halogens is 2. The van der Waals surface area contributed by atoms with E-state index in [4.69, 9.17) is 5.73 Å². The third-order valence-electron chi connectivity index (χ3n) is 4.49. The normalized spacial score (nSPS) is 28.1. The van der Waals surface area contributed by atoms with Crippen LogP contribution in [0.25, 0.3) is 0 Å². The van der Waals surface area contributed by atoms with Crippen molar-refractivity contribution in [3.8, 4) is 0 Å². The summed E-state index contributed by atoms with van der Waals surface area (Å²) in [5, 5.41) is 0. The van der Waals surface area contributed by atoms with Crippen molar-refractivity contribution in [2.75, 3.05) is 0 Å². The van der Waals surface area contributed by atoms with Crippen molar-refractivity contribution in [2.45, 2.75) is 57.4 Å². The first-order valence-electron chi connectivity index (χ1n) is 7.26. The van der Waals surface area contributed by atoms with Gasteiger partial charge in [0.1, 0.15) is 5.82 Å². The predicted molar refractivity (Wildman–Crippen MR) is 81.6 cm³/mol. The monoisotopic (exact) mass is 327 g/mol. The van der Waals surface area contributed by atoms with Gasteiger partial charge in [-0.25, -0.2) is 4.39 Å². The van der Waals surface area contributed by atoms with E-state index in [1.165, 1.54) is 31.7 Å². The van der Waals surface area contributed by atoms with Gasteiger partial charge in [0, 0.05) is 5.54 Å². The highest BCUT2D eigenvalue weighted by Gasteiger charge is 2.29. The molecule has 1 fully saturated rings. The largest absolute Gasteiger partial charge is 0.325 e. The molecule has 0 aliphatic heterocycles. The molecule has 0 heterocycles. The molecule has 0 bridgehead atoms. The van der Waals surface area contributed by atoms with E-state index >= 15 is 0 Å². The highest BCUT2D eigenvalue weighted by atomic mass is 79.9. The van der Waals surface area contributed by atoms with Crippen LogP contribution >= 0.6 is 15.9 Å². The average Bonchev–Trinajstić information content (AvgIpc) is 2.57. The van der Waals surface area contributed by atoms with Crippen LogP contribution in [0.3, 0.4) is 0 Å². The first-order chi connectivity index (χ1) is 9.04. The van der Waals surface area contributed by atoms with E-state index in [9.17, 15) is 4.39 Å². The zero-order valence-electron chi connectivity index (χ0n) is 11.6. The second-order valence-electron chi connectivity index (χ2n) is 5.96. The van der Waals surface area contributed by atoms with E-state index in [0.29, 0.717) is 4.47 Å². The van der Waals surface area contributed by atoms with E-state index in [2.05, 4.69) is 22.9 Å². The minimum absolute atomic E-state index is 0.166. The molecule has 1 aromatic carbocycles. The van der Waals surface area contributed by atoms with Gasteiger partial charge >= 0.3 is 0 Å². The third-order valence-corrected chi connectivity index (χ3v) is 5.38. The third kappa shape index (κ3) is 3.79. The molecule has 1 aromatic rings. The highest BCUT2D eigenvalue weighted by molar-refractivity contribution is 9.10. The van der Waals surface area contributed by atoms with Crippen LogP contribution in [0.4, 0.5) is 4.39 Å². The Bertz CT molecular complexity index is 435. The first-order valence-corrected chi connectivity index (χ1v) is 8.05. The molecule has 0 saturated heterocycles. The highest BCUT2D eigenvalue weighted by Crippen LogP contribution is 2.34. The van der Waals surface area contributed by atoms with Crippen LogP contribution in [-0.4, -0.2) is 5.54 Å². The lowest BCUT2D eigenvalue weighted by Crippen LogP contribution is -2.41. The summed E-state index contributed by atoms with van der Waals surface area (Å²) in [4.78, 5) is 0. The minimum atomic E-state index is -0.193. The van der Waals surface area contributed by atoms with Crippen molar-refractivity contribution in [2.24, 2.45) is 11.7 Å². The fraction of sp³-hybridized carbons (Fsp3) is 0.625. The molecule has 2 N–H and O–H groups in total. The molecule has 1 aliphatic rings. The zero-order chi connectivity index (χ0) is 13.9. The number of benzene rings is 1. The van der Waals surface area contributed by atoms with Crippen molar-refractivity contribution in [1.29, 1.82) is 0 Å². The van der Waals surface area contributed by atoms with Gasteiger partial charge < -0.3 is 5.73 Å². The number of nitrogens with two attached hydrogens (primary N) is 1. The predicted octanol–water partition coefficient (Wildman–Crippen LogP) is 4.82. The maximum atomic E-state index is 13.6. The number of hydrogen-bond donors (Lipinski definition) is 1. The van der Waals surface area contributed by atoms with Crippen LogP contribution in [0.1, 0.15) is 51.0 Å². The topological polar surface area (TPSA) is 26.0 Å². The summed E-state index contributed by atoms with van der Waals surface area (Å²) in [5.74, 6) is 0.627. The Morgan fingerprint density at radius 3 is 2.89 bits per heavy atom. The van der Waals surface area contributed by atoms with Crippen LogP contribution in [0.2, 0.25) is 0 Å².